The number of hydrogen-bond acceptors (Lipinski definition) is 2. The van der Waals surface area contributed by atoms with Crippen LogP contribution in [-0.4, -0.2) is 11.8 Å². The number of anilines is 1. The predicted molar refractivity (Wildman–Crippen MR) is 75.4 cm³/mol. The Hall–Kier alpha value is -0.630. The Labute approximate surface area is 104 Å². The lowest BCUT2D eigenvalue weighted by Gasteiger charge is -2.23. The smallest absolute Gasteiger partial charge is 0.0480 e. The first-order chi connectivity index (χ1) is 7.69. The first-order valence-corrected chi connectivity index (χ1v) is 7.15. The van der Waals surface area contributed by atoms with Crippen molar-refractivity contribution in [1.82, 2.24) is 0 Å². The van der Waals surface area contributed by atoms with Crippen molar-refractivity contribution in [2.45, 2.75) is 45.1 Å². The monoisotopic (exact) mass is 237 g/mol. The highest BCUT2D eigenvalue weighted by Gasteiger charge is 2.12. The summed E-state index contributed by atoms with van der Waals surface area (Å²) >= 11 is 1.90. The van der Waals surface area contributed by atoms with Crippen molar-refractivity contribution in [3.63, 3.8) is 0 Å². The highest BCUT2D eigenvalue weighted by Crippen LogP contribution is 2.28. The molecule has 0 aliphatic rings. The van der Waals surface area contributed by atoms with Gasteiger partial charge in [-0.3, -0.25) is 0 Å². The zero-order valence-electron chi connectivity index (χ0n) is 10.8. The van der Waals surface area contributed by atoms with Gasteiger partial charge in [0.15, 0.2) is 0 Å². The summed E-state index contributed by atoms with van der Waals surface area (Å²) in [6.07, 6.45) is 1.17. The van der Waals surface area contributed by atoms with E-state index >= 15 is 0 Å². The predicted octanol–water partition coefficient (Wildman–Crippen LogP) is 4.65. The summed E-state index contributed by atoms with van der Waals surface area (Å²) in [5.41, 5.74) is 1.29. The Morgan fingerprint density at radius 1 is 1.19 bits per heavy atom. The zero-order chi connectivity index (χ0) is 12.0. The molecule has 2 heteroatoms. The second-order valence-corrected chi connectivity index (χ2v) is 5.64. The fourth-order valence-corrected chi connectivity index (χ4v) is 2.58. The van der Waals surface area contributed by atoms with Gasteiger partial charge in [-0.25, -0.2) is 0 Å². The van der Waals surface area contributed by atoms with Crippen LogP contribution in [-0.2, 0) is 0 Å². The van der Waals surface area contributed by atoms with Crippen LogP contribution in [0.1, 0.15) is 34.1 Å². The van der Waals surface area contributed by atoms with Gasteiger partial charge in [0.05, 0.1) is 0 Å². The molecule has 1 nitrogen and oxygen atoms in total. The van der Waals surface area contributed by atoms with Crippen LogP contribution in [0.3, 0.4) is 0 Å². The molecule has 0 amide bonds. The summed E-state index contributed by atoms with van der Waals surface area (Å²) in [6.45, 7) is 8.99. The van der Waals surface area contributed by atoms with Crippen LogP contribution in [0.15, 0.2) is 29.2 Å². The summed E-state index contributed by atoms with van der Waals surface area (Å²) in [5.74, 6) is 1.79. The third kappa shape index (κ3) is 3.75. The number of thioether (sulfide) groups is 1. The maximum atomic E-state index is 3.66. The second-order valence-electron chi connectivity index (χ2n) is 4.33. The van der Waals surface area contributed by atoms with Crippen LogP contribution in [0.5, 0.6) is 0 Å². The van der Waals surface area contributed by atoms with Crippen molar-refractivity contribution in [3.8, 4) is 0 Å². The molecule has 0 aliphatic heterocycles. The minimum absolute atomic E-state index is 0.568. The van der Waals surface area contributed by atoms with E-state index in [1.165, 1.54) is 17.0 Å². The van der Waals surface area contributed by atoms with Crippen molar-refractivity contribution in [2.75, 3.05) is 11.1 Å². The summed E-state index contributed by atoms with van der Waals surface area (Å²) in [6, 6.07) is 9.17. The van der Waals surface area contributed by atoms with E-state index in [1.54, 1.807) is 0 Å². The van der Waals surface area contributed by atoms with Crippen molar-refractivity contribution in [2.24, 2.45) is 5.92 Å². The van der Waals surface area contributed by atoms with E-state index in [0.29, 0.717) is 12.0 Å². The third-order valence-corrected chi connectivity index (χ3v) is 3.73. The van der Waals surface area contributed by atoms with Gasteiger partial charge in [-0.2, -0.15) is 0 Å². The molecule has 1 aromatic rings. The average Bonchev–Trinajstić information content (AvgIpc) is 2.27. The Morgan fingerprint density at radius 2 is 1.88 bits per heavy atom. The lowest BCUT2D eigenvalue weighted by Crippen LogP contribution is -2.24. The van der Waals surface area contributed by atoms with E-state index < -0.39 is 0 Å². The SMILES string of the molecule is CCSc1ccccc1NC(CC)C(C)C. The van der Waals surface area contributed by atoms with Gasteiger partial charge in [-0.05, 0) is 30.2 Å². The van der Waals surface area contributed by atoms with Crippen LogP contribution in [0, 0.1) is 5.92 Å². The van der Waals surface area contributed by atoms with Crippen LogP contribution in [0.25, 0.3) is 0 Å². The van der Waals surface area contributed by atoms with E-state index in [2.05, 4.69) is 57.3 Å². The molecule has 0 saturated carbocycles. The lowest BCUT2D eigenvalue weighted by atomic mass is 10.0. The summed E-state index contributed by atoms with van der Waals surface area (Å²) < 4.78 is 0. The molecule has 1 rings (SSSR count). The van der Waals surface area contributed by atoms with Crippen molar-refractivity contribution in [1.29, 1.82) is 0 Å². The quantitative estimate of drug-likeness (QED) is 0.723. The molecule has 1 aromatic carbocycles. The fourth-order valence-electron chi connectivity index (χ4n) is 1.81. The molecule has 0 fully saturated rings. The molecule has 1 N–H and O–H groups in total. The minimum Gasteiger partial charge on any atom is -0.381 e. The molecule has 1 unspecified atom stereocenters. The molecule has 90 valence electrons. The summed E-state index contributed by atoms with van der Waals surface area (Å²) in [7, 11) is 0. The molecule has 0 aromatic heterocycles. The molecule has 0 spiro atoms. The summed E-state index contributed by atoms with van der Waals surface area (Å²) in [5, 5.41) is 3.66. The molecule has 0 saturated heterocycles. The normalized spacial score (nSPS) is 12.8. The molecular formula is C14H23NS. The van der Waals surface area contributed by atoms with E-state index in [1.807, 2.05) is 11.8 Å². The average molecular weight is 237 g/mol. The molecule has 16 heavy (non-hydrogen) atoms. The topological polar surface area (TPSA) is 12.0 Å². The largest absolute Gasteiger partial charge is 0.381 e. The molecule has 0 heterocycles. The minimum atomic E-state index is 0.568. The van der Waals surface area contributed by atoms with E-state index in [0.717, 1.165) is 5.75 Å². The van der Waals surface area contributed by atoms with Crippen molar-refractivity contribution < 1.29 is 0 Å². The Bertz CT molecular complexity index is 309. The maximum Gasteiger partial charge on any atom is 0.0480 e. The van der Waals surface area contributed by atoms with Gasteiger partial charge in [0, 0.05) is 16.6 Å². The Balaban J connectivity index is 2.78. The highest BCUT2D eigenvalue weighted by atomic mass is 32.2. The van der Waals surface area contributed by atoms with E-state index in [-0.39, 0.29) is 0 Å². The van der Waals surface area contributed by atoms with Gasteiger partial charge in [0.2, 0.25) is 0 Å². The van der Waals surface area contributed by atoms with E-state index in [4.69, 9.17) is 0 Å². The number of nitrogens with one attached hydrogen (secondary N) is 1. The summed E-state index contributed by atoms with van der Waals surface area (Å²) in [4.78, 5) is 1.36. The molecule has 0 aliphatic carbocycles. The molecule has 0 bridgehead atoms. The first kappa shape index (κ1) is 13.4. The van der Waals surface area contributed by atoms with Gasteiger partial charge in [0.1, 0.15) is 0 Å². The number of rotatable bonds is 6. The van der Waals surface area contributed by atoms with Crippen LogP contribution in [0.2, 0.25) is 0 Å². The maximum absolute atomic E-state index is 3.66. The Kier molecular flexibility index (Phi) is 5.75. The fraction of sp³-hybridized carbons (Fsp3) is 0.571. The highest BCUT2D eigenvalue weighted by molar-refractivity contribution is 7.99. The van der Waals surface area contributed by atoms with Crippen molar-refractivity contribution >= 4 is 17.4 Å². The van der Waals surface area contributed by atoms with Crippen LogP contribution in [0.4, 0.5) is 5.69 Å². The zero-order valence-corrected chi connectivity index (χ0v) is 11.6. The lowest BCUT2D eigenvalue weighted by molar-refractivity contribution is 0.510. The van der Waals surface area contributed by atoms with E-state index in [9.17, 15) is 0 Å². The first-order valence-electron chi connectivity index (χ1n) is 6.17. The second kappa shape index (κ2) is 6.85. The van der Waals surface area contributed by atoms with Crippen LogP contribution >= 0.6 is 11.8 Å². The van der Waals surface area contributed by atoms with Crippen molar-refractivity contribution in [3.05, 3.63) is 24.3 Å². The number of hydrogen-bond donors (Lipinski definition) is 1. The number of benzene rings is 1. The Morgan fingerprint density at radius 3 is 2.44 bits per heavy atom. The standard InChI is InChI=1S/C14H23NS/c1-5-12(11(3)4)15-13-9-7-8-10-14(13)16-6-2/h7-12,15H,5-6H2,1-4H3. The molecule has 0 radical (unpaired) electrons. The molecule has 1 atom stereocenters. The van der Waals surface area contributed by atoms with Gasteiger partial charge < -0.3 is 5.32 Å². The van der Waals surface area contributed by atoms with Gasteiger partial charge in [-0.15, -0.1) is 11.8 Å². The van der Waals surface area contributed by atoms with Gasteiger partial charge >= 0.3 is 0 Å². The number of para-hydroxylation sites is 1. The molecular weight excluding hydrogens is 214 g/mol. The third-order valence-electron chi connectivity index (χ3n) is 2.77. The van der Waals surface area contributed by atoms with Gasteiger partial charge in [0.25, 0.3) is 0 Å². The van der Waals surface area contributed by atoms with Crippen LogP contribution < -0.4 is 5.32 Å². The van der Waals surface area contributed by atoms with Gasteiger partial charge in [-0.1, -0.05) is 39.8 Å².